The van der Waals surface area contributed by atoms with Crippen molar-refractivity contribution in [3.05, 3.63) is 0 Å². The van der Waals surface area contributed by atoms with E-state index in [1.165, 1.54) is 45.2 Å². The minimum atomic E-state index is -0.369. The van der Waals surface area contributed by atoms with Gasteiger partial charge in [-0.2, -0.15) is 0 Å². The summed E-state index contributed by atoms with van der Waals surface area (Å²) in [5, 5.41) is 14.2. The summed E-state index contributed by atoms with van der Waals surface area (Å²) in [6.45, 7) is 4.48. The average molecular weight is 238 g/mol. The lowest BCUT2D eigenvalue weighted by Gasteiger charge is -2.35. The SMILES string of the molecule is OC1(CN2CC3CCCNC3C2)CCCCC1. The van der Waals surface area contributed by atoms with Gasteiger partial charge in [0.2, 0.25) is 0 Å². The molecule has 2 atom stereocenters. The Bertz CT molecular complexity index is 249. The molecule has 2 saturated heterocycles. The van der Waals surface area contributed by atoms with Gasteiger partial charge in [0.15, 0.2) is 0 Å². The maximum absolute atomic E-state index is 10.6. The van der Waals surface area contributed by atoms with Gasteiger partial charge in [-0.05, 0) is 38.1 Å². The highest BCUT2D eigenvalue weighted by molar-refractivity contribution is 4.95. The summed E-state index contributed by atoms with van der Waals surface area (Å²) >= 11 is 0. The number of fused-ring (bicyclic) bond motifs is 1. The lowest BCUT2D eigenvalue weighted by atomic mass is 9.84. The molecular weight excluding hydrogens is 212 g/mol. The van der Waals surface area contributed by atoms with Crippen LogP contribution in [0.25, 0.3) is 0 Å². The zero-order valence-corrected chi connectivity index (χ0v) is 10.8. The molecule has 98 valence electrons. The van der Waals surface area contributed by atoms with E-state index in [-0.39, 0.29) is 5.60 Å². The Morgan fingerprint density at radius 3 is 2.71 bits per heavy atom. The normalized spacial score (nSPS) is 37.9. The second kappa shape index (κ2) is 4.87. The van der Waals surface area contributed by atoms with Crippen molar-refractivity contribution in [1.82, 2.24) is 10.2 Å². The quantitative estimate of drug-likeness (QED) is 0.762. The molecule has 17 heavy (non-hydrogen) atoms. The van der Waals surface area contributed by atoms with E-state index >= 15 is 0 Å². The molecule has 3 rings (SSSR count). The number of hydrogen-bond donors (Lipinski definition) is 2. The first-order chi connectivity index (χ1) is 8.25. The molecule has 3 nitrogen and oxygen atoms in total. The van der Waals surface area contributed by atoms with Crippen LogP contribution >= 0.6 is 0 Å². The first-order valence-electron chi connectivity index (χ1n) is 7.43. The van der Waals surface area contributed by atoms with Crippen molar-refractivity contribution in [2.75, 3.05) is 26.2 Å². The van der Waals surface area contributed by atoms with E-state index in [0.717, 1.165) is 31.8 Å². The van der Waals surface area contributed by atoms with Gasteiger partial charge in [-0.25, -0.2) is 0 Å². The van der Waals surface area contributed by atoms with Gasteiger partial charge in [-0.1, -0.05) is 19.3 Å². The van der Waals surface area contributed by atoms with Gasteiger partial charge in [-0.15, -0.1) is 0 Å². The molecule has 2 heterocycles. The highest BCUT2D eigenvalue weighted by Gasteiger charge is 2.38. The fourth-order valence-corrected chi connectivity index (χ4v) is 4.05. The summed E-state index contributed by atoms with van der Waals surface area (Å²) in [4.78, 5) is 2.51. The number of hydrogen-bond acceptors (Lipinski definition) is 3. The number of β-amino-alcohol motifs (C(OH)–C–C–N with tert-alkyl or cyclic N) is 1. The molecule has 2 N–H and O–H groups in total. The van der Waals surface area contributed by atoms with E-state index in [4.69, 9.17) is 0 Å². The Morgan fingerprint density at radius 2 is 1.94 bits per heavy atom. The molecular formula is C14H26N2O. The molecule has 3 fully saturated rings. The average Bonchev–Trinajstić information content (AvgIpc) is 2.71. The molecule has 1 aliphatic carbocycles. The van der Waals surface area contributed by atoms with Crippen LogP contribution in [0.3, 0.4) is 0 Å². The van der Waals surface area contributed by atoms with Gasteiger partial charge in [0.25, 0.3) is 0 Å². The summed E-state index contributed by atoms with van der Waals surface area (Å²) in [5.74, 6) is 0.843. The first-order valence-corrected chi connectivity index (χ1v) is 7.43. The zero-order valence-electron chi connectivity index (χ0n) is 10.8. The van der Waals surface area contributed by atoms with Crippen LogP contribution in [0, 0.1) is 5.92 Å². The van der Waals surface area contributed by atoms with Gasteiger partial charge in [-0.3, -0.25) is 4.90 Å². The van der Waals surface area contributed by atoms with Crippen molar-refractivity contribution < 1.29 is 5.11 Å². The van der Waals surface area contributed by atoms with Crippen LogP contribution in [0.4, 0.5) is 0 Å². The fourth-order valence-electron chi connectivity index (χ4n) is 4.05. The van der Waals surface area contributed by atoms with Crippen LogP contribution in [0.15, 0.2) is 0 Å². The second-order valence-electron chi connectivity index (χ2n) is 6.44. The maximum Gasteiger partial charge on any atom is 0.0774 e. The fraction of sp³-hybridized carbons (Fsp3) is 1.00. The molecule has 0 aromatic heterocycles. The van der Waals surface area contributed by atoms with E-state index in [1.54, 1.807) is 0 Å². The summed E-state index contributed by atoms with van der Waals surface area (Å²) < 4.78 is 0. The Labute approximate surface area is 105 Å². The molecule has 0 spiro atoms. The van der Waals surface area contributed by atoms with Gasteiger partial charge in [0.05, 0.1) is 5.60 Å². The van der Waals surface area contributed by atoms with Crippen molar-refractivity contribution in [1.29, 1.82) is 0 Å². The summed E-state index contributed by atoms with van der Waals surface area (Å²) in [6, 6.07) is 0.705. The standard InChI is InChI=1S/C14H26N2O/c17-14(6-2-1-3-7-14)11-16-9-12-5-4-8-15-13(12)10-16/h12-13,15,17H,1-11H2. The van der Waals surface area contributed by atoms with E-state index < -0.39 is 0 Å². The van der Waals surface area contributed by atoms with E-state index in [0.29, 0.717) is 6.04 Å². The lowest BCUT2D eigenvalue weighted by molar-refractivity contribution is -0.0222. The van der Waals surface area contributed by atoms with Crippen molar-refractivity contribution >= 4 is 0 Å². The predicted molar refractivity (Wildman–Crippen MR) is 69.0 cm³/mol. The van der Waals surface area contributed by atoms with Gasteiger partial charge >= 0.3 is 0 Å². The Balaban J connectivity index is 1.55. The Kier molecular flexibility index (Phi) is 3.42. The second-order valence-corrected chi connectivity index (χ2v) is 6.44. The van der Waals surface area contributed by atoms with Crippen molar-refractivity contribution in [3.63, 3.8) is 0 Å². The maximum atomic E-state index is 10.6. The first kappa shape index (κ1) is 11.9. The van der Waals surface area contributed by atoms with Gasteiger partial charge in [0, 0.05) is 25.7 Å². The third-order valence-electron chi connectivity index (χ3n) is 4.98. The monoisotopic (exact) mass is 238 g/mol. The predicted octanol–water partition coefficient (Wildman–Crippen LogP) is 1.37. The Hall–Kier alpha value is -0.120. The van der Waals surface area contributed by atoms with E-state index in [1.807, 2.05) is 0 Å². The number of likely N-dealkylation sites (tertiary alicyclic amines) is 1. The highest BCUT2D eigenvalue weighted by atomic mass is 16.3. The lowest BCUT2D eigenvalue weighted by Crippen LogP contribution is -2.44. The molecule has 0 radical (unpaired) electrons. The molecule has 3 heteroatoms. The summed E-state index contributed by atoms with van der Waals surface area (Å²) in [6.07, 6.45) is 8.50. The number of nitrogens with zero attached hydrogens (tertiary/aromatic N) is 1. The van der Waals surface area contributed by atoms with Gasteiger partial charge < -0.3 is 10.4 Å². The molecule has 2 unspecified atom stereocenters. The molecule has 0 aromatic rings. The Morgan fingerprint density at radius 1 is 1.12 bits per heavy atom. The third kappa shape index (κ3) is 2.67. The summed E-state index contributed by atoms with van der Waals surface area (Å²) in [7, 11) is 0. The number of rotatable bonds is 2. The van der Waals surface area contributed by atoms with Crippen LogP contribution in [-0.2, 0) is 0 Å². The van der Waals surface area contributed by atoms with Gasteiger partial charge in [0.1, 0.15) is 0 Å². The van der Waals surface area contributed by atoms with Crippen LogP contribution < -0.4 is 5.32 Å². The van der Waals surface area contributed by atoms with Crippen molar-refractivity contribution in [3.8, 4) is 0 Å². The van der Waals surface area contributed by atoms with Crippen LogP contribution in [0.1, 0.15) is 44.9 Å². The largest absolute Gasteiger partial charge is 0.389 e. The van der Waals surface area contributed by atoms with Crippen LogP contribution in [0.5, 0.6) is 0 Å². The topological polar surface area (TPSA) is 35.5 Å². The minimum absolute atomic E-state index is 0.369. The zero-order chi connectivity index (χ0) is 11.7. The highest BCUT2D eigenvalue weighted by Crippen LogP contribution is 2.32. The van der Waals surface area contributed by atoms with E-state index in [9.17, 15) is 5.11 Å². The van der Waals surface area contributed by atoms with E-state index in [2.05, 4.69) is 10.2 Å². The number of aliphatic hydroxyl groups is 1. The number of nitrogens with one attached hydrogen (secondary N) is 1. The van der Waals surface area contributed by atoms with Crippen LogP contribution in [0.2, 0.25) is 0 Å². The molecule has 2 aliphatic heterocycles. The molecule has 0 bridgehead atoms. The number of piperidine rings is 1. The molecule has 1 saturated carbocycles. The van der Waals surface area contributed by atoms with Crippen molar-refractivity contribution in [2.24, 2.45) is 5.92 Å². The third-order valence-corrected chi connectivity index (χ3v) is 4.98. The van der Waals surface area contributed by atoms with Crippen molar-refractivity contribution in [2.45, 2.75) is 56.6 Å². The molecule has 3 aliphatic rings. The van der Waals surface area contributed by atoms with Crippen LogP contribution in [-0.4, -0.2) is 47.8 Å². The molecule has 0 aromatic carbocycles. The molecule has 0 amide bonds. The minimum Gasteiger partial charge on any atom is -0.389 e. The summed E-state index contributed by atoms with van der Waals surface area (Å²) in [5.41, 5.74) is -0.369. The smallest absolute Gasteiger partial charge is 0.0774 e.